The fraction of sp³-hybridized carbons (Fsp3) is 0.727. The van der Waals surface area contributed by atoms with Crippen LogP contribution in [0.1, 0.15) is 33.1 Å². The summed E-state index contributed by atoms with van der Waals surface area (Å²) in [6, 6.07) is 0. The van der Waals surface area contributed by atoms with Crippen molar-refractivity contribution in [2.24, 2.45) is 5.41 Å². The highest BCUT2D eigenvalue weighted by molar-refractivity contribution is 5.85. The predicted octanol–water partition coefficient (Wildman–Crippen LogP) is 1.80. The molecule has 0 heterocycles. The molecular formula is C11H19NO2. The fourth-order valence-electron chi connectivity index (χ4n) is 1.48. The highest BCUT2D eigenvalue weighted by Gasteiger charge is 2.39. The molecule has 3 heteroatoms. The Morgan fingerprint density at radius 3 is 2.64 bits per heavy atom. The summed E-state index contributed by atoms with van der Waals surface area (Å²) >= 11 is 0. The molecule has 2 N–H and O–H groups in total. The van der Waals surface area contributed by atoms with E-state index in [4.69, 9.17) is 5.11 Å². The number of carboxylic acids is 1. The van der Waals surface area contributed by atoms with E-state index in [1.54, 1.807) is 13.0 Å². The Balaban J connectivity index is 2.16. The largest absolute Gasteiger partial charge is 0.478 e. The third kappa shape index (κ3) is 3.14. The molecule has 14 heavy (non-hydrogen) atoms. The summed E-state index contributed by atoms with van der Waals surface area (Å²) in [5, 5.41) is 11.9. The summed E-state index contributed by atoms with van der Waals surface area (Å²) in [7, 11) is 0. The average molecular weight is 197 g/mol. The van der Waals surface area contributed by atoms with Crippen LogP contribution in [0.25, 0.3) is 0 Å². The van der Waals surface area contributed by atoms with E-state index < -0.39 is 5.97 Å². The van der Waals surface area contributed by atoms with E-state index in [-0.39, 0.29) is 0 Å². The lowest BCUT2D eigenvalue weighted by Gasteiger charge is -2.11. The van der Waals surface area contributed by atoms with Gasteiger partial charge in [-0.05, 0) is 31.6 Å². The maximum Gasteiger partial charge on any atom is 0.330 e. The predicted molar refractivity (Wildman–Crippen MR) is 56.2 cm³/mol. The molecule has 1 rings (SSSR count). The minimum Gasteiger partial charge on any atom is -0.478 e. The van der Waals surface area contributed by atoms with Gasteiger partial charge < -0.3 is 10.4 Å². The van der Waals surface area contributed by atoms with Gasteiger partial charge in [0.15, 0.2) is 0 Å². The Labute approximate surface area is 85.2 Å². The van der Waals surface area contributed by atoms with E-state index in [1.165, 1.54) is 19.3 Å². The minimum atomic E-state index is -0.830. The molecule has 1 aliphatic carbocycles. The maximum absolute atomic E-state index is 10.5. The van der Waals surface area contributed by atoms with Gasteiger partial charge in [-0.1, -0.05) is 13.0 Å². The van der Waals surface area contributed by atoms with Gasteiger partial charge in [0.25, 0.3) is 0 Å². The lowest BCUT2D eigenvalue weighted by Crippen LogP contribution is -2.24. The van der Waals surface area contributed by atoms with Crippen molar-refractivity contribution in [1.29, 1.82) is 0 Å². The number of rotatable bonds is 6. The molecule has 0 aromatic heterocycles. The Hall–Kier alpha value is -0.830. The Morgan fingerprint density at radius 1 is 1.57 bits per heavy atom. The van der Waals surface area contributed by atoms with Crippen LogP contribution in [0.15, 0.2) is 11.6 Å². The van der Waals surface area contributed by atoms with E-state index in [0.717, 1.165) is 6.54 Å². The van der Waals surface area contributed by atoms with Crippen LogP contribution >= 0.6 is 0 Å². The molecule has 0 unspecified atom stereocenters. The van der Waals surface area contributed by atoms with Gasteiger partial charge in [0.05, 0.1) is 0 Å². The number of hydrogen-bond acceptors (Lipinski definition) is 2. The zero-order valence-corrected chi connectivity index (χ0v) is 8.97. The molecule has 0 aromatic carbocycles. The smallest absolute Gasteiger partial charge is 0.330 e. The second-order valence-corrected chi connectivity index (χ2v) is 4.18. The van der Waals surface area contributed by atoms with Gasteiger partial charge >= 0.3 is 5.97 Å². The Bertz CT molecular complexity index is 242. The van der Waals surface area contributed by atoms with Gasteiger partial charge in [-0.2, -0.15) is 0 Å². The average Bonchev–Trinajstić information content (AvgIpc) is 2.93. The quantitative estimate of drug-likeness (QED) is 0.504. The molecule has 0 bridgehead atoms. The monoisotopic (exact) mass is 197 g/mol. The van der Waals surface area contributed by atoms with Gasteiger partial charge in [0.1, 0.15) is 0 Å². The van der Waals surface area contributed by atoms with E-state index in [9.17, 15) is 4.79 Å². The van der Waals surface area contributed by atoms with Crippen LogP contribution < -0.4 is 5.32 Å². The molecule has 0 atom stereocenters. The molecular weight excluding hydrogens is 178 g/mol. The second-order valence-electron chi connectivity index (χ2n) is 4.18. The van der Waals surface area contributed by atoms with E-state index in [0.29, 0.717) is 17.5 Å². The van der Waals surface area contributed by atoms with Crippen molar-refractivity contribution >= 4 is 5.97 Å². The number of hydrogen-bond donors (Lipinski definition) is 2. The van der Waals surface area contributed by atoms with Crippen molar-refractivity contribution in [3.05, 3.63) is 11.6 Å². The molecule has 0 aromatic rings. The molecule has 0 amide bonds. The number of aliphatic carboxylic acids is 1. The van der Waals surface area contributed by atoms with Crippen LogP contribution in [0.3, 0.4) is 0 Å². The van der Waals surface area contributed by atoms with Crippen LogP contribution in [0, 0.1) is 5.41 Å². The summed E-state index contributed by atoms with van der Waals surface area (Å²) in [6.45, 7) is 5.52. The molecule has 1 saturated carbocycles. The molecule has 1 fully saturated rings. The van der Waals surface area contributed by atoms with Crippen molar-refractivity contribution in [2.75, 3.05) is 13.1 Å². The molecule has 0 spiro atoms. The summed E-state index contributed by atoms with van der Waals surface area (Å²) < 4.78 is 0. The summed E-state index contributed by atoms with van der Waals surface area (Å²) in [4.78, 5) is 10.5. The van der Waals surface area contributed by atoms with Crippen molar-refractivity contribution in [3.63, 3.8) is 0 Å². The summed E-state index contributed by atoms with van der Waals surface area (Å²) in [5.41, 5.74) is 0.948. The van der Waals surface area contributed by atoms with Gasteiger partial charge in [0, 0.05) is 18.7 Å². The molecule has 0 saturated heterocycles. The first-order valence-corrected chi connectivity index (χ1v) is 5.20. The van der Waals surface area contributed by atoms with Crippen LogP contribution in [0.4, 0.5) is 0 Å². The van der Waals surface area contributed by atoms with Crippen molar-refractivity contribution in [2.45, 2.75) is 33.1 Å². The number of carboxylic acid groups (broad SMARTS) is 1. The summed E-state index contributed by atoms with van der Waals surface area (Å²) in [6.07, 6.45) is 5.59. The fourth-order valence-corrected chi connectivity index (χ4v) is 1.48. The van der Waals surface area contributed by atoms with Crippen LogP contribution in [0.5, 0.6) is 0 Å². The number of nitrogens with one attached hydrogen (secondary N) is 1. The van der Waals surface area contributed by atoms with E-state index in [1.807, 2.05) is 0 Å². The second kappa shape index (κ2) is 4.60. The lowest BCUT2D eigenvalue weighted by atomic mass is 10.0. The van der Waals surface area contributed by atoms with Crippen molar-refractivity contribution in [1.82, 2.24) is 5.32 Å². The van der Waals surface area contributed by atoms with Crippen LogP contribution in [0.2, 0.25) is 0 Å². The highest BCUT2D eigenvalue weighted by atomic mass is 16.4. The van der Waals surface area contributed by atoms with Crippen molar-refractivity contribution < 1.29 is 9.90 Å². The molecule has 0 radical (unpaired) electrons. The Morgan fingerprint density at radius 2 is 2.21 bits per heavy atom. The standard InChI is InChI=1S/C11H19NO2/c1-3-11(5-6-11)8-12-7-4-9(2)10(13)14/h4,12H,3,5-8H2,1-2H3,(H,13,14)/b9-4-. The first-order chi connectivity index (χ1) is 6.59. The first-order valence-electron chi connectivity index (χ1n) is 5.20. The lowest BCUT2D eigenvalue weighted by molar-refractivity contribution is -0.132. The molecule has 0 aliphatic heterocycles. The third-order valence-corrected chi connectivity index (χ3v) is 3.10. The van der Waals surface area contributed by atoms with Gasteiger partial charge in [-0.15, -0.1) is 0 Å². The topological polar surface area (TPSA) is 49.3 Å². The van der Waals surface area contributed by atoms with Gasteiger partial charge in [-0.25, -0.2) is 4.79 Å². The van der Waals surface area contributed by atoms with Crippen molar-refractivity contribution in [3.8, 4) is 0 Å². The highest BCUT2D eigenvalue weighted by Crippen LogP contribution is 2.47. The van der Waals surface area contributed by atoms with Gasteiger partial charge in [-0.3, -0.25) is 0 Å². The van der Waals surface area contributed by atoms with E-state index >= 15 is 0 Å². The maximum atomic E-state index is 10.5. The van der Waals surface area contributed by atoms with E-state index in [2.05, 4.69) is 12.2 Å². The SMILES string of the molecule is CCC1(CNC/C=C(/C)C(=O)O)CC1. The normalized spacial score (nSPS) is 19.4. The van der Waals surface area contributed by atoms with Crippen LogP contribution in [-0.2, 0) is 4.79 Å². The van der Waals surface area contributed by atoms with Crippen LogP contribution in [-0.4, -0.2) is 24.2 Å². The molecule has 80 valence electrons. The first kappa shape index (κ1) is 11.2. The number of carbonyl (C=O) groups is 1. The minimum absolute atomic E-state index is 0.416. The Kier molecular flexibility index (Phi) is 3.69. The summed E-state index contributed by atoms with van der Waals surface area (Å²) in [5.74, 6) is -0.830. The molecule has 1 aliphatic rings. The van der Waals surface area contributed by atoms with Gasteiger partial charge in [0.2, 0.25) is 0 Å². The zero-order valence-electron chi connectivity index (χ0n) is 8.97. The third-order valence-electron chi connectivity index (χ3n) is 3.10. The molecule has 3 nitrogen and oxygen atoms in total. The zero-order chi connectivity index (χ0) is 10.6.